The van der Waals surface area contributed by atoms with Crippen molar-refractivity contribution in [2.75, 3.05) is 59.7 Å². The van der Waals surface area contributed by atoms with E-state index in [2.05, 4.69) is 31.5 Å². The van der Waals surface area contributed by atoms with Gasteiger partial charge in [-0.25, -0.2) is 14.6 Å². The van der Waals surface area contributed by atoms with E-state index in [0.717, 1.165) is 11.1 Å². The first kappa shape index (κ1) is 61.2. The van der Waals surface area contributed by atoms with Gasteiger partial charge in [0.05, 0.1) is 45.5 Å². The van der Waals surface area contributed by atoms with Crippen LogP contribution in [0.1, 0.15) is 103 Å². The van der Waals surface area contributed by atoms with Gasteiger partial charge in [0.1, 0.15) is 12.4 Å². The number of nitrogens with two attached hydrogens (primary N) is 1. The molecule has 0 heterocycles. The molecule has 0 aliphatic carbocycles. The van der Waals surface area contributed by atoms with Crippen LogP contribution in [0.2, 0.25) is 0 Å². The number of alkyl carbamates (subject to hydrolysis) is 1. The van der Waals surface area contributed by atoms with Crippen molar-refractivity contribution in [3.05, 3.63) is 71.8 Å². The molecule has 19 nitrogen and oxygen atoms in total. The van der Waals surface area contributed by atoms with E-state index in [-0.39, 0.29) is 119 Å². The Bertz CT molecular complexity index is 1950. The maximum atomic E-state index is 13.7. The molecule has 0 bridgehead atoms. The minimum absolute atomic E-state index is 0.0450. The van der Waals surface area contributed by atoms with E-state index in [9.17, 15) is 43.2 Å². The van der Waals surface area contributed by atoms with E-state index in [0.29, 0.717) is 45.3 Å². The smallest absolute Gasteiger partial charge is 0.407 e. The summed E-state index contributed by atoms with van der Waals surface area (Å²) in [5.74, 6) is -4.25. The van der Waals surface area contributed by atoms with Crippen LogP contribution in [0, 0.1) is 23.7 Å². The fourth-order valence-electron chi connectivity index (χ4n) is 7.44. The van der Waals surface area contributed by atoms with Crippen molar-refractivity contribution < 1.29 is 62.4 Å². The van der Waals surface area contributed by atoms with Crippen LogP contribution >= 0.6 is 0 Å². The van der Waals surface area contributed by atoms with Crippen molar-refractivity contribution in [3.8, 4) is 0 Å². The molecular formula is C52H78N6O13. The second-order valence-corrected chi connectivity index (χ2v) is 18.3. The van der Waals surface area contributed by atoms with Crippen molar-refractivity contribution in [1.29, 1.82) is 0 Å². The maximum absolute atomic E-state index is 13.7. The third kappa shape index (κ3) is 28.5. The molecule has 4 atom stereocenters. The molecule has 2 aromatic carbocycles. The Morgan fingerprint density at radius 1 is 0.563 bits per heavy atom. The summed E-state index contributed by atoms with van der Waals surface area (Å²) >= 11 is 0. The largest absolute Gasteiger partial charge is 0.447 e. The van der Waals surface area contributed by atoms with Gasteiger partial charge in [0.25, 0.3) is 0 Å². The van der Waals surface area contributed by atoms with E-state index in [1.807, 2.05) is 88.4 Å². The molecule has 0 saturated carbocycles. The molecule has 5 amide bonds. The van der Waals surface area contributed by atoms with Gasteiger partial charge >= 0.3 is 6.09 Å². The van der Waals surface area contributed by atoms with Crippen LogP contribution in [0.15, 0.2) is 60.7 Å². The highest BCUT2D eigenvalue weighted by Gasteiger charge is 2.30. The van der Waals surface area contributed by atoms with E-state index < -0.39 is 54.2 Å². The van der Waals surface area contributed by atoms with Crippen LogP contribution in [-0.2, 0) is 70.4 Å². The first-order chi connectivity index (χ1) is 34.0. The normalized spacial score (nSPS) is 12.8. The number of nitrogens with one attached hydrogen (secondary N) is 5. The lowest BCUT2D eigenvalue weighted by molar-refractivity contribution is -0.272. The Balaban J connectivity index is 1.76. The first-order valence-electron chi connectivity index (χ1n) is 24.7. The monoisotopic (exact) mass is 995 g/mol. The predicted octanol–water partition coefficient (Wildman–Crippen LogP) is 3.68. The van der Waals surface area contributed by atoms with Gasteiger partial charge in [-0.05, 0) is 61.5 Å². The van der Waals surface area contributed by atoms with Crippen molar-refractivity contribution >= 4 is 52.9 Å². The highest BCUT2D eigenvalue weighted by Crippen LogP contribution is 2.18. The van der Waals surface area contributed by atoms with Crippen molar-refractivity contribution in [3.63, 3.8) is 0 Å². The molecule has 2 aromatic rings. The summed E-state index contributed by atoms with van der Waals surface area (Å²) in [4.78, 5) is 126. The van der Waals surface area contributed by atoms with Crippen LogP contribution in [0.3, 0.4) is 0 Å². The highest BCUT2D eigenvalue weighted by molar-refractivity contribution is 5.95. The highest BCUT2D eigenvalue weighted by atomic mass is 17.2. The minimum atomic E-state index is -0.862. The fraction of sp³-hybridized carbons (Fsp3) is 0.596. The second-order valence-electron chi connectivity index (χ2n) is 18.3. The van der Waals surface area contributed by atoms with Crippen molar-refractivity contribution in [2.45, 2.75) is 117 Å². The van der Waals surface area contributed by atoms with Gasteiger partial charge in [-0.1, -0.05) is 88.4 Å². The van der Waals surface area contributed by atoms with Crippen LogP contribution in [0.5, 0.6) is 0 Å². The molecule has 0 spiro atoms. The van der Waals surface area contributed by atoms with Crippen molar-refractivity contribution in [2.24, 2.45) is 29.4 Å². The number of carbonyl (C=O) groups excluding carboxylic acids is 9. The molecule has 71 heavy (non-hydrogen) atoms. The minimum Gasteiger partial charge on any atom is -0.447 e. The van der Waals surface area contributed by atoms with Crippen LogP contribution in [-0.4, -0.2) is 125 Å². The van der Waals surface area contributed by atoms with Crippen LogP contribution in [0.25, 0.3) is 0 Å². The summed E-state index contributed by atoms with van der Waals surface area (Å²) < 4.78 is 10.6. The zero-order chi connectivity index (χ0) is 52.4. The molecule has 394 valence electrons. The van der Waals surface area contributed by atoms with Crippen LogP contribution in [0.4, 0.5) is 4.79 Å². The SMILES string of the molecule is COOCCCNC(=O)CCC(=O)C(CC(C)C)NC(=O)C(CC(=O)CNC(=O)OCCOCCCNC(=O)CCC(=O)C(CC(C)C)NC(=O)C(CC(=O)CN)Cc1ccccc1)Cc1ccccc1. The van der Waals surface area contributed by atoms with Gasteiger partial charge in [-0.2, -0.15) is 0 Å². The number of Topliss-reactive ketones (excluding diaryl/α,β-unsaturated/α-hetero) is 4. The molecule has 0 saturated heterocycles. The summed E-state index contributed by atoms with van der Waals surface area (Å²) in [5, 5.41) is 13.6. The zero-order valence-corrected chi connectivity index (χ0v) is 42.3. The third-order valence-electron chi connectivity index (χ3n) is 11.1. The Hall–Kier alpha value is -5.89. The molecule has 0 radical (unpaired) electrons. The number of hydrogen-bond donors (Lipinski definition) is 6. The summed E-state index contributed by atoms with van der Waals surface area (Å²) in [6.45, 7) is 8.18. The van der Waals surface area contributed by atoms with Crippen LogP contribution < -0.4 is 32.3 Å². The maximum Gasteiger partial charge on any atom is 0.407 e. The Kier molecular flexibility index (Phi) is 31.1. The average molecular weight is 995 g/mol. The summed E-state index contributed by atoms with van der Waals surface area (Å²) in [7, 11) is 1.39. The number of ketones is 4. The Morgan fingerprint density at radius 2 is 1.03 bits per heavy atom. The number of carbonyl (C=O) groups is 9. The molecule has 0 aliphatic heterocycles. The van der Waals surface area contributed by atoms with Gasteiger partial charge in [0.15, 0.2) is 17.3 Å². The fourth-order valence-corrected chi connectivity index (χ4v) is 7.44. The van der Waals surface area contributed by atoms with Gasteiger partial charge in [-0.15, -0.1) is 0 Å². The van der Waals surface area contributed by atoms with E-state index >= 15 is 0 Å². The lowest BCUT2D eigenvalue weighted by Crippen LogP contribution is -2.46. The number of hydrogen-bond acceptors (Lipinski definition) is 14. The molecule has 19 heteroatoms. The topological polar surface area (TPSA) is 277 Å². The molecule has 0 aromatic heterocycles. The quantitative estimate of drug-likeness (QED) is 0.0317. The van der Waals surface area contributed by atoms with E-state index in [1.165, 1.54) is 7.11 Å². The predicted molar refractivity (Wildman–Crippen MR) is 265 cm³/mol. The summed E-state index contributed by atoms with van der Waals surface area (Å²) in [5.41, 5.74) is 7.22. The lowest BCUT2D eigenvalue weighted by atomic mass is 9.91. The number of amides is 5. The summed E-state index contributed by atoms with van der Waals surface area (Å²) in [6.07, 6.45) is 0.784. The standard InChI is InChI=1S/C52H78N6O13/c1-36(2)28-44(57-50(65)40(32-42(59)34-53)30-38-14-8-6-9-15-38)46(61)18-20-48(63)54-22-12-24-69-26-27-70-52(67)56-35-43(60)33-41(31-39-16-10-7-11-17-39)51(66)58-45(29-37(3)4)47(62)19-21-49(64)55-23-13-25-71-68-5/h6-11,14-17,36-37,40-41,44-45H,12-13,18-35,53H2,1-5H3,(H,54,63)(H,55,64)(H,56,67)(H,57,65)(H,58,66). The van der Waals surface area contributed by atoms with E-state index in [4.69, 9.17) is 20.1 Å². The number of rotatable bonds is 39. The second kappa shape index (κ2) is 36.1. The molecule has 7 N–H and O–H groups in total. The molecular weight excluding hydrogens is 917 g/mol. The zero-order valence-electron chi connectivity index (χ0n) is 42.3. The molecule has 0 fully saturated rings. The Morgan fingerprint density at radius 3 is 1.48 bits per heavy atom. The Labute approximate surface area is 418 Å². The van der Waals surface area contributed by atoms with Gasteiger partial charge < -0.3 is 41.8 Å². The first-order valence-corrected chi connectivity index (χ1v) is 24.7. The van der Waals surface area contributed by atoms with Gasteiger partial charge in [0.2, 0.25) is 23.6 Å². The van der Waals surface area contributed by atoms with Gasteiger partial charge in [-0.3, -0.25) is 38.4 Å². The lowest BCUT2D eigenvalue weighted by Gasteiger charge is -2.23. The summed E-state index contributed by atoms with van der Waals surface area (Å²) in [6, 6.07) is 16.7. The van der Waals surface area contributed by atoms with E-state index in [1.54, 1.807) is 0 Å². The average Bonchev–Trinajstić information content (AvgIpc) is 3.34. The molecule has 4 unspecified atom stereocenters. The third-order valence-corrected chi connectivity index (χ3v) is 11.1. The molecule has 0 aliphatic rings. The van der Waals surface area contributed by atoms with Crippen molar-refractivity contribution in [1.82, 2.24) is 26.6 Å². The molecule has 2 rings (SSSR count). The van der Waals surface area contributed by atoms with Gasteiger partial charge in [0, 0.05) is 70.1 Å². The number of benzene rings is 2. The number of ether oxygens (including phenoxy) is 2.